The Hall–Kier alpha value is -1.61. The molecule has 0 saturated heterocycles. The van der Waals surface area contributed by atoms with Crippen LogP contribution in [0.5, 0.6) is 0 Å². The van der Waals surface area contributed by atoms with Crippen LogP contribution in [0.25, 0.3) is 0 Å². The van der Waals surface area contributed by atoms with Gasteiger partial charge in [-0.25, -0.2) is 0 Å². The van der Waals surface area contributed by atoms with Crippen LogP contribution < -0.4 is 5.73 Å². The summed E-state index contributed by atoms with van der Waals surface area (Å²) in [6.45, 7) is 0. The van der Waals surface area contributed by atoms with Crippen molar-refractivity contribution in [3.8, 4) is 6.07 Å². The standard InChI is InChI=1S/C7H5FN2O2S/c8-13(11,12)7-3-1-2-6(10)5(7)4-9/h1-3H,10H2. The summed E-state index contributed by atoms with van der Waals surface area (Å²) < 4.78 is 33.5. The number of halogens is 1. The summed E-state index contributed by atoms with van der Waals surface area (Å²) in [7, 11) is -4.87. The zero-order chi connectivity index (χ0) is 10.1. The second-order valence-corrected chi connectivity index (χ2v) is 3.59. The van der Waals surface area contributed by atoms with Crippen molar-refractivity contribution in [2.24, 2.45) is 0 Å². The second kappa shape index (κ2) is 3.03. The van der Waals surface area contributed by atoms with E-state index in [0.29, 0.717) is 0 Å². The van der Waals surface area contributed by atoms with Crippen molar-refractivity contribution in [2.75, 3.05) is 5.73 Å². The molecular formula is C7H5FN2O2S. The molecule has 0 heterocycles. The minimum Gasteiger partial charge on any atom is -0.398 e. The molecule has 2 N–H and O–H groups in total. The Morgan fingerprint density at radius 1 is 1.46 bits per heavy atom. The van der Waals surface area contributed by atoms with E-state index in [1.165, 1.54) is 18.2 Å². The van der Waals surface area contributed by atoms with Gasteiger partial charge in [-0.15, -0.1) is 3.89 Å². The molecule has 0 aliphatic rings. The van der Waals surface area contributed by atoms with Crippen LogP contribution in [0.2, 0.25) is 0 Å². The van der Waals surface area contributed by atoms with Gasteiger partial charge in [-0.1, -0.05) is 6.07 Å². The summed E-state index contributed by atoms with van der Waals surface area (Å²) in [5.41, 5.74) is 4.86. The van der Waals surface area contributed by atoms with E-state index in [1.54, 1.807) is 0 Å². The monoisotopic (exact) mass is 200 g/mol. The number of nitrogen functional groups attached to an aromatic ring is 1. The molecule has 13 heavy (non-hydrogen) atoms. The molecule has 0 aromatic heterocycles. The van der Waals surface area contributed by atoms with Crippen molar-refractivity contribution in [1.29, 1.82) is 5.26 Å². The maximum atomic E-state index is 12.5. The molecule has 0 bridgehead atoms. The number of nitrogens with zero attached hydrogens (tertiary/aromatic N) is 1. The molecule has 0 fully saturated rings. The molecule has 0 spiro atoms. The fourth-order valence-corrected chi connectivity index (χ4v) is 1.52. The molecule has 1 aromatic rings. The summed E-state index contributed by atoms with van der Waals surface area (Å²) in [5, 5.41) is 8.50. The van der Waals surface area contributed by atoms with Crippen LogP contribution in [0.15, 0.2) is 23.1 Å². The van der Waals surface area contributed by atoms with Gasteiger partial charge in [0.25, 0.3) is 0 Å². The number of nitriles is 1. The molecule has 68 valence electrons. The van der Waals surface area contributed by atoms with Crippen molar-refractivity contribution in [2.45, 2.75) is 4.90 Å². The minimum atomic E-state index is -4.87. The van der Waals surface area contributed by atoms with Gasteiger partial charge in [0.15, 0.2) is 0 Å². The van der Waals surface area contributed by atoms with Gasteiger partial charge in [-0.3, -0.25) is 0 Å². The van der Waals surface area contributed by atoms with E-state index >= 15 is 0 Å². The quantitative estimate of drug-likeness (QED) is 0.536. The molecule has 0 aliphatic carbocycles. The topological polar surface area (TPSA) is 83.9 Å². The molecular weight excluding hydrogens is 195 g/mol. The Bertz CT molecular complexity index is 476. The highest BCUT2D eigenvalue weighted by molar-refractivity contribution is 7.86. The van der Waals surface area contributed by atoms with Crippen LogP contribution in [0.4, 0.5) is 9.57 Å². The van der Waals surface area contributed by atoms with Crippen LogP contribution in [-0.2, 0) is 10.2 Å². The predicted octanol–water partition coefficient (Wildman–Crippen LogP) is 0.799. The van der Waals surface area contributed by atoms with Crippen LogP contribution in [0.1, 0.15) is 5.56 Å². The van der Waals surface area contributed by atoms with Crippen LogP contribution in [-0.4, -0.2) is 8.42 Å². The molecule has 0 unspecified atom stereocenters. The van der Waals surface area contributed by atoms with E-state index < -0.39 is 15.1 Å². The third-order valence-corrected chi connectivity index (χ3v) is 2.30. The summed E-state index contributed by atoms with van der Waals surface area (Å²) in [4.78, 5) is -0.685. The van der Waals surface area contributed by atoms with Gasteiger partial charge in [0.2, 0.25) is 0 Å². The highest BCUT2D eigenvalue weighted by Gasteiger charge is 2.18. The Morgan fingerprint density at radius 3 is 2.46 bits per heavy atom. The fraction of sp³-hybridized carbons (Fsp3) is 0. The molecule has 0 atom stereocenters. The number of benzene rings is 1. The summed E-state index contributed by atoms with van der Waals surface area (Å²) in [6, 6.07) is 5.11. The highest BCUT2D eigenvalue weighted by atomic mass is 32.3. The first-order valence-corrected chi connectivity index (χ1v) is 4.58. The smallest absolute Gasteiger partial charge is 0.333 e. The van der Waals surface area contributed by atoms with Crippen LogP contribution in [0.3, 0.4) is 0 Å². The van der Waals surface area contributed by atoms with E-state index in [-0.39, 0.29) is 11.3 Å². The van der Waals surface area contributed by atoms with E-state index in [2.05, 4.69) is 0 Å². The van der Waals surface area contributed by atoms with Crippen molar-refractivity contribution in [3.05, 3.63) is 23.8 Å². The molecule has 1 rings (SSSR count). The van der Waals surface area contributed by atoms with Crippen molar-refractivity contribution >= 4 is 15.9 Å². The largest absolute Gasteiger partial charge is 0.398 e. The van der Waals surface area contributed by atoms with Gasteiger partial charge in [0.1, 0.15) is 11.0 Å². The maximum absolute atomic E-state index is 12.5. The Labute approximate surface area is 74.6 Å². The summed E-state index contributed by atoms with van der Waals surface area (Å²) >= 11 is 0. The number of rotatable bonds is 1. The van der Waals surface area contributed by atoms with E-state index in [9.17, 15) is 12.3 Å². The first kappa shape index (κ1) is 9.48. The van der Waals surface area contributed by atoms with Gasteiger partial charge in [-0.05, 0) is 12.1 Å². The normalized spacial score (nSPS) is 10.8. The van der Waals surface area contributed by atoms with Crippen LogP contribution in [0, 0.1) is 11.3 Å². The summed E-state index contributed by atoms with van der Waals surface area (Å²) in [6.07, 6.45) is 0. The van der Waals surface area contributed by atoms with Gasteiger partial charge < -0.3 is 5.73 Å². The zero-order valence-corrected chi connectivity index (χ0v) is 7.18. The SMILES string of the molecule is N#Cc1c(N)cccc1S(=O)(=O)F. The number of nitrogens with two attached hydrogens (primary N) is 1. The molecule has 0 saturated carbocycles. The first-order chi connectivity index (χ1) is 5.96. The first-order valence-electron chi connectivity index (χ1n) is 3.20. The van der Waals surface area contributed by atoms with Crippen molar-refractivity contribution < 1.29 is 12.3 Å². The predicted molar refractivity (Wildman–Crippen MR) is 43.9 cm³/mol. The molecule has 6 heteroatoms. The van der Waals surface area contributed by atoms with Gasteiger partial charge >= 0.3 is 10.2 Å². The zero-order valence-electron chi connectivity index (χ0n) is 6.36. The van der Waals surface area contributed by atoms with Crippen molar-refractivity contribution in [3.63, 3.8) is 0 Å². The van der Waals surface area contributed by atoms with Crippen molar-refractivity contribution in [1.82, 2.24) is 0 Å². The van der Waals surface area contributed by atoms with E-state index in [4.69, 9.17) is 11.0 Å². The minimum absolute atomic E-state index is 0.0544. The third-order valence-electron chi connectivity index (χ3n) is 1.43. The average Bonchev–Trinajstić information content (AvgIpc) is 2.02. The highest BCUT2D eigenvalue weighted by Crippen LogP contribution is 2.21. The average molecular weight is 200 g/mol. The lowest BCUT2D eigenvalue weighted by molar-refractivity contribution is 0.552. The molecule has 0 radical (unpaired) electrons. The maximum Gasteiger partial charge on any atom is 0.333 e. The lowest BCUT2D eigenvalue weighted by atomic mass is 10.2. The third kappa shape index (κ3) is 1.76. The molecule has 1 aromatic carbocycles. The Balaban J connectivity index is 3.59. The number of anilines is 1. The Kier molecular flexibility index (Phi) is 2.21. The van der Waals surface area contributed by atoms with Crippen LogP contribution >= 0.6 is 0 Å². The molecule has 4 nitrogen and oxygen atoms in total. The molecule has 0 amide bonds. The van der Waals surface area contributed by atoms with E-state index in [0.717, 1.165) is 6.07 Å². The Morgan fingerprint density at radius 2 is 2.08 bits per heavy atom. The van der Waals surface area contributed by atoms with Gasteiger partial charge in [-0.2, -0.15) is 13.7 Å². The summed E-state index contributed by atoms with van der Waals surface area (Å²) in [5.74, 6) is 0. The fourth-order valence-electron chi connectivity index (χ4n) is 0.871. The van der Waals surface area contributed by atoms with E-state index in [1.807, 2.05) is 0 Å². The molecule has 0 aliphatic heterocycles. The lowest BCUT2D eigenvalue weighted by Crippen LogP contribution is -1.99. The van der Waals surface area contributed by atoms with Gasteiger partial charge in [0.05, 0.1) is 11.3 Å². The van der Waals surface area contributed by atoms with Gasteiger partial charge in [0, 0.05) is 0 Å². The second-order valence-electron chi connectivity index (χ2n) is 2.27. The number of hydrogen-bond acceptors (Lipinski definition) is 4. The lowest BCUT2D eigenvalue weighted by Gasteiger charge is -2.00. The number of hydrogen-bond donors (Lipinski definition) is 1.